The molecule has 32 heavy (non-hydrogen) atoms. The van der Waals surface area contributed by atoms with Gasteiger partial charge in [-0.15, -0.1) is 0 Å². The molecule has 0 spiro atoms. The summed E-state index contributed by atoms with van der Waals surface area (Å²) >= 11 is 0. The first-order valence-electron chi connectivity index (χ1n) is 11.7. The van der Waals surface area contributed by atoms with Crippen molar-refractivity contribution in [2.75, 3.05) is 44.2 Å². The van der Waals surface area contributed by atoms with Crippen LogP contribution < -0.4 is 10.2 Å². The minimum Gasteiger partial charge on any atom is -0.390 e. The number of aromatic nitrogens is 2. The molecule has 1 aliphatic heterocycles. The fraction of sp³-hybridized carbons (Fsp3) is 0.600. The topological polar surface area (TPSA) is 73.6 Å². The predicted molar refractivity (Wildman–Crippen MR) is 129 cm³/mol. The first-order chi connectivity index (χ1) is 15.2. The van der Waals surface area contributed by atoms with Gasteiger partial charge in [-0.2, -0.15) is 0 Å². The van der Waals surface area contributed by atoms with Gasteiger partial charge in [0.05, 0.1) is 6.10 Å². The van der Waals surface area contributed by atoms with E-state index in [-0.39, 0.29) is 12.5 Å². The lowest BCUT2D eigenvalue weighted by Crippen LogP contribution is -2.50. The fourth-order valence-electron chi connectivity index (χ4n) is 4.43. The highest BCUT2D eigenvalue weighted by atomic mass is 16.3. The molecule has 0 saturated carbocycles. The van der Waals surface area contributed by atoms with E-state index < -0.39 is 6.10 Å². The van der Waals surface area contributed by atoms with E-state index in [9.17, 15) is 9.90 Å². The zero-order valence-electron chi connectivity index (χ0n) is 20.5. The van der Waals surface area contributed by atoms with Crippen LogP contribution in [0.5, 0.6) is 0 Å². The molecule has 2 aromatic rings. The van der Waals surface area contributed by atoms with Gasteiger partial charge >= 0.3 is 0 Å². The van der Waals surface area contributed by atoms with Crippen molar-refractivity contribution in [1.29, 1.82) is 0 Å². The van der Waals surface area contributed by atoms with Crippen molar-refractivity contribution in [3.8, 4) is 0 Å². The number of hydrogen-bond acceptors (Lipinski definition) is 5. The Bertz CT molecular complexity index is 929. The minimum absolute atomic E-state index is 0.216. The fourth-order valence-corrected chi connectivity index (χ4v) is 4.43. The number of β-amino-alcohol motifs (C(OH)–C–C–N with tert-alkyl or cyclic N) is 1. The van der Waals surface area contributed by atoms with Crippen molar-refractivity contribution < 1.29 is 9.90 Å². The number of hydrogen-bond donors (Lipinski definition) is 2. The van der Waals surface area contributed by atoms with Gasteiger partial charge < -0.3 is 19.9 Å². The van der Waals surface area contributed by atoms with Crippen LogP contribution in [0.25, 0.3) is 0 Å². The minimum atomic E-state index is -0.606. The number of nitrogens with zero attached hydrogens (tertiary/aromatic N) is 4. The number of benzene rings is 1. The molecule has 2 N–H and O–H groups in total. The van der Waals surface area contributed by atoms with Crippen LogP contribution in [0.1, 0.15) is 47.0 Å². The molecule has 0 radical (unpaired) electrons. The Hall–Kier alpha value is -2.38. The molecule has 1 amide bonds. The number of nitrogens with one attached hydrogen (secondary N) is 1. The highest BCUT2D eigenvalue weighted by Gasteiger charge is 2.22. The molecule has 1 fully saturated rings. The summed E-state index contributed by atoms with van der Waals surface area (Å²) in [5.41, 5.74) is 5.30. The third-order valence-corrected chi connectivity index (χ3v) is 6.43. The SMILES string of the molecule is Cc1cccc(N2CCN(C[C@H](O)CNC(=O)c3nc(C)n(CC(C)C)c3C)CC2)c1C. The van der Waals surface area contributed by atoms with Gasteiger partial charge in [0.25, 0.3) is 5.91 Å². The van der Waals surface area contributed by atoms with Gasteiger partial charge in [-0.25, -0.2) is 4.98 Å². The van der Waals surface area contributed by atoms with Gasteiger partial charge in [0.15, 0.2) is 0 Å². The van der Waals surface area contributed by atoms with Crippen molar-refractivity contribution in [3.05, 3.63) is 46.5 Å². The largest absolute Gasteiger partial charge is 0.390 e. The molecular weight excluding hydrogens is 402 g/mol. The molecule has 7 nitrogen and oxygen atoms in total. The molecule has 0 bridgehead atoms. The van der Waals surface area contributed by atoms with E-state index in [4.69, 9.17) is 0 Å². The Balaban J connectivity index is 1.47. The Morgan fingerprint density at radius 3 is 2.44 bits per heavy atom. The normalized spacial score (nSPS) is 15.9. The van der Waals surface area contributed by atoms with Crippen LogP contribution in [0.4, 0.5) is 5.69 Å². The molecule has 1 aromatic carbocycles. The predicted octanol–water partition coefficient (Wildman–Crippen LogP) is 2.69. The maximum absolute atomic E-state index is 12.7. The highest BCUT2D eigenvalue weighted by Crippen LogP contribution is 2.23. The van der Waals surface area contributed by atoms with E-state index in [0.717, 1.165) is 44.2 Å². The van der Waals surface area contributed by atoms with Crippen LogP contribution in [0.15, 0.2) is 18.2 Å². The van der Waals surface area contributed by atoms with Gasteiger partial charge in [-0.3, -0.25) is 9.69 Å². The van der Waals surface area contributed by atoms with Crippen molar-refractivity contribution in [2.45, 2.75) is 54.2 Å². The molecule has 1 aromatic heterocycles. The lowest BCUT2D eigenvalue weighted by atomic mass is 10.1. The van der Waals surface area contributed by atoms with Crippen LogP contribution in [-0.4, -0.2) is 70.8 Å². The number of aryl methyl sites for hydroxylation is 2. The molecule has 7 heteroatoms. The van der Waals surface area contributed by atoms with E-state index in [0.29, 0.717) is 18.2 Å². The summed E-state index contributed by atoms with van der Waals surface area (Å²) in [6.07, 6.45) is -0.606. The number of amides is 1. The summed E-state index contributed by atoms with van der Waals surface area (Å²) in [5, 5.41) is 13.4. The van der Waals surface area contributed by atoms with Crippen molar-refractivity contribution in [2.24, 2.45) is 5.92 Å². The Morgan fingerprint density at radius 1 is 1.09 bits per heavy atom. The van der Waals surface area contributed by atoms with Crippen molar-refractivity contribution in [3.63, 3.8) is 0 Å². The number of imidazole rings is 1. The van der Waals surface area contributed by atoms with E-state index >= 15 is 0 Å². The average Bonchev–Trinajstić information content (AvgIpc) is 3.02. The molecule has 2 heterocycles. The number of piperazine rings is 1. The van der Waals surface area contributed by atoms with Crippen LogP contribution in [0.2, 0.25) is 0 Å². The summed E-state index contributed by atoms with van der Waals surface area (Å²) in [4.78, 5) is 21.8. The quantitative estimate of drug-likeness (QED) is 0.659. The van der Waals surface area contributed by atoms with E-state index in [1.165, 1.54) is 16.8 Å². The van der Waals surface area contributed by atoms with E-state index in [1.807, 2.05) is 13.8 Å². The number of anilines is 1. The number of carbonyl (C=O) groups excluding carboxylic acids is 1. The lowest BCUT2D eigenvalue weighted by molar-refractivity contribution is 0.0847. The van der Waals surface area contributed by atoms with Crippen LogP contribution >= 0.6 is 0 Å². The van der Waals surface area contributed by atoms with Crippen LogP contribution in [0.3, 0.4) is 0 Å². The lowest BCUT2D eigenvalue weighted by Gasteiger charge is -2.37. The molecule has 0 unspecified atom stereocenters. The van der Waals surface area contributed by atoms with Gasteiger partial charge in [-0.05, 0) is 50.8 Å². The van der Waals surface area contributed by atoms with Gasteiger partial charge in [0, 0.05) is 57.2 Å². The second-order valence-electron chi connectivity index (χ2n) is 9.47. The molecule has 3 rings (SSSR count). The van der Waals surface area contributed by atoms with Gasteiger partial charge in [-0.1, -0.05) is 26.0 Å². The zero-order chi connectivity index (χ0) is 23.4. The molecule has 1 atom stereocenters. The average molecular weight is 442 g/mol. The first kappa shape index (κ1) is 24.3. The highest BCUT2D eigenvalue weighted by molar-refractivity contribution is 5.93. The number of aliphatic hydroxyl groups is 1. The molecule has 1 saturated heterocycles. The maximum Gasteiger partial charge on any atom is 0.271 e. The first-order valence-corrected chi connectivity index (χ1v) is 11.7. The standard InChI is InChI=1S/C25H39N5O2/c1-17(2)15-30-20(5)24(27-21(30)6)25(32)26-14-22(31)16-28-10-12-29(13-11-28)23-9-7-8-18(3)19(23)4/h7-9,17,22,31H,10-16H2,1-6H3,(H,26,32)/t22-/m1/s1. The summed E-state index contributed by atoms with van der Waals surface area (Å²) in [5.74, 6) is 1.12. The van der Waals surface area contributed by atoms with Gasteiger partial charge in [0.2, 0.25) is 0 Å². The smallest absolute Gasteiger partial charge is 0.271 e. The molecule has 176 valence electrons. The monoisotopic (exact) mass is 441 g/mol. The maximum atomic E-state index is 12.7. The Kier molecular flexibility index (Phi) is 7.96. The zero-order valence-corrected chi connectivity index (χ0v) is 20.5. The van der Waals surface area contributed by atoms with Gasteiger partial charge in [0.1, 0.15) is 11.5 Å². The van der Waals surface area contributed by atoms with E-state index in [1.54, 1.807) is 0 Å². The van der Waals surface area contributed by atoms with Crippen LogP contribution in [-0.2, 0) is 6.54 Å². The molecule has 0 aliphatic carbocycles. The van der Waals surface area contributed by atoms with Crippen molar-refractivity contribution >= 4 is 11.6 Å². The Labute approximate surface area is 192 Å². The second kappa shape index (κ2) is 10.5. The second-order valence-corrected chi connectivity index (χ2v) is 9.47. The number of rotatable bonds is 8. The number of aliphatic hydroxyl groups excluding tert-OH is 1. The summed E-state index contributed by atoms with van der Waals surface area (Å²) in [6, 6.07) is 6.46. The third kappa shape index (κ3) is 5.70. The molecule has 1 aliphatic rings. The summed E-state index contributed by atoms with van der Waals surface area (Å²) < 4.78 is 2.09. The molecular formula is C25H39N5O2. The summed E-state index contributed by atoms with van der Waals surface area (Å²) in [6.45, 7) is 17.8. The third-order valence-electron chi connectivity index (χ3n) is 6.43. The Morgan fingerprint density at radius 2 is 1.78 bits per heavy atom. The summed E-state index contributed by atoms with van der Waals surface area (Å²) in [7, 11) is 0. The van der Waals surface area contributed by atoms with Crippen molar-refractivity contribution in [1.82, 2.24) is 19.8 Å². The van der Waals surface area contributed by atoms with E-state index in [2.05, 4.69) is 70.6 Å². The van der Waals surface area contributed by atoms with Crippen LogP contribution in [0, 0.1) is 33.6 Å². The number of carbonyl (C=O) groups is 1.